The summed E-state index contributed by atoms with van der Waals surface area (Å²) in [5, 5.41) is 0.758. The molecule has 0 bridgehead atoms. The molecule has 1 atom stereocenters. The van der Waals surface area contributed by atoms with Gasteiger partial charge in [-0.3, -0.25) is 0 Å². The Morgan fingerprint density at radius 1 is 1.38 bits per heavy atom. The third kappa shape index (κ3) is 5.05. The molecule has 0 radical (unpaired) electrons. The van der Waals surface area contributed by atoms with E-state index in [0.29, 0.717) is 0 Å². The summed E-state index contributed by atoms with van der Waals surface area (Å²) >= 11 is 9.51. The third-order valence-corrected chi connectivity index (χ3v) is 3.30. The number of nitrogens with two attached hydrogens (primary N) is 1. The van der Waals surface area contributed by atoms with E-state index in [-0.39, 0.29) is 18.4 Å². The molecule has 1 aromatic rings. The second-order valence-electron chi connectivity index (χ2n) is 3.77. The van der Waals surface area contributed by atoms with E-state index in [1.165, 1.54) is 19.3 Å². The Bertz CT molecular complexity index is 318. The molecule has 1 rings (SSSR count). The molecule has 0 unspecified atom stereocenters. The molecule has 0 aliphatic rings. The summed E-state index contributed by atoms with van der Waals surface area (Å²) in [7, 11) is 0. The molecule has 0 amide bonds. The van der Waals surface area contributed by atoms with Gasteiger partial charge < -0.3 is 5.73 Å². The number of benzene rings is 1. The Balaban J connectivity index is 0.00000225. The lowest BCUT2D eigenvalue weighted by Crippen LogP contribution is -2.10. The topological polar surface area (TPSA) is 26.0 Å². The highest BCUT2D eigenvalue weighted by atomic mass is 79.9. The molecule has 4 heteroatoms. The first-order valence-corrected chi connectivity index (χ1v) is 6.52. The highest BCUT2D eigenvalue weighted by molar-refractivity contribution is 9.10. The number of unbranched alkanes of at least 4 members (excludes halogenated alkanes) is 2. The summed E-state index contributed by atoms with van der Waals surface area (Å²) in [6, 6.07) is 5.96. The van der Waals surface area contributed by atoms with Crippen LogP contribution in [0.4, 0.5) is 0 Å². The number of hydrogen-bond acceptors (Lipinski definition) is 1. The molecule has 0 saturated heterocycles. The fourth-order valence-electron chi connectivity index (χ4n) is 1.57. The highest BCUT2D eigenvalue weighted by Crippen LogP contribution is 2.27. The molecule has 0 fully saturated rings. The zero-order valence-electron chi connectivity index (χ0n) is 9.38. The van der Waals surface area contributed by atoms with Crippen molar-refractivity contribution < 1.29 is 0 Å². The lowest BCUT2D eigenvalue weighted by Gasteiger charge is -2.13. The average molecular weight is 327 g/mol. The maximum atomic E-state index is 6.13. The lowest BCUT2D eigenvalue weighted by atomic mass is 10.0. The molecule has 2 N–H and O–H groups in total. The zero-order chi connectivity index (χ0) is 11.3. The SMILES string of the molecule is CCCCC[C@H](N)c1ccc(Br)cc1Cl.Cl. The molecule has 16 heavy (non-hydrogen) atoms. The predicted octanol–water partition coefficient (Wildman–Crippen LogP) is 5.10. The van der Waals surface area contributed by atoms with Gasteiger partial charge in [-0.15, -0.1) is 12.4 Å². The molecule has 0 aliphatic heterocycles. The van der Waals surface area contributed by atoms with Crippen molar-refractivity contribution in [2.45, 2.75) is 38.6 Å². The van der Waals surface area contributed by atoms with Gasteiger partial charge >= 0.3 is 0 Å². The van der Waals surface area contributed by atoms with Crippen molar-refractivity contribution in [1.82, 2.24) is 0 Å². The summed E-state index contributed by atoms with van der Waals surface area (Å²) in [6.45, 7) is 2.19. The van der Waals surface area contributed by atoms with E-state index in [1.54, 1.807) is 0 Å². The highest BCUT2D eigenvalue weighted by Gasteiger charge is 2.09. The van der Waals surface area contributed by atoms with Gasteiger partial charge in [0.25, 0.3) is 0 Å². The van der Waals surface area contributed by atoms with Crippen molar-refractivity contribution in [3.63, 3.8) is 0 Å². The van der Waals surface area contributed by atoms with Gasteiger partial charge in [0.2, 0.25) is 0 Å². The summed E-state index contributed by atoms with van der Waals surface area (Å²) in [4.78, 5) is 0. The quantitative estimate of drug-likeness (QED) is 0.748. The monoisotopic (exact) mass is 325 g/mol. The Labute approximate surface area is 117 Å². The van der Waals surface area contributed by atoms with Crippen LogP contribution in [-0.4, -0.2) is 0 Å². The number of rotatable bonds is 5. The van der Waals surface area contributed by atoms with Crippen molar-refractivity contribution in [3.05, 3.63) is 33.3 Å². The predicted molar refractivity (Wildman–Crippen MR) is 77.5 cm³/mol. The largest absolute Gasteiger partial charge is 0.324 e. The first-order chi connectivity index (χ1) is 7.15. The molecule has 0 heterocycles. The molecule has 1 nitrogen and oxygen atoms in total. The van der Waals surface area contributed by atoms with E-state index in [0.717, 1.165) is 21.5 Å². The van der Waals surface area contributed by atoms with Gasteiger partial charge in [0.15, 0.2) is 0 Å². The van der Waals surface area contributed by atoms with Crippen molar-refractivity contribution >= 4 is 39.9 Å². The Kier molecular flexibility index (Phi) is 8.47. The van der Waals surface area contributed by atoms with Crippen LogP contribution in [-0.2, 0) is 0 Å². The van der Waals surface area contributed by atoms with Crippen molar-refractivity contribution in [1.29, 1.82) is 0 Å². The van der Waals surface area contributed by atoms with E-state index in [1.807, 2.05) is 18.2 Å². The summed E-state index contributed by atoms with van der Waals surface area (Å²) in [6.07, 6.45) is 4.64. The van der Waals surface area contributed by atoms with Crippen molar-refractivity contribution in [2.75, 3.05) is 0 Å². The smallest absolute Gasteiger partial charge is 0.0464 e. The van der Waals surface area contributed by atoms with Gasteiger partial charge in [-0.05, 0) is 24.1 Å². The number of halogens is 3. The molecule has 0 spiro atoms. The second kappa shape index (κ2) is 8.35. The van der Waals surface area contributed by atoms with E-state index >= 15 is 0 Å². The Morgan fingerprint density at radius 2 is 2.06 bits per heavy atom. The van der Waals surface area contributed by atoms with Gasteiger partial charge in [-0.1, -0.05) is 59.8 Å². The van der Waals surface area contributed by atoms with Crippen LogP contribution in [0.3, 0.4) is 0 Å². The molecule has 1 aromatic carbocycles. The van der Waals surface area contributed by atoms with Gasteiger partial charge in [-0.2, -0.15) is 0 Å². The van der Waals surface area contributed by atoms with E-state index < -0.39 is 0 Å². The van der Waals surface area contributed by atoms with Crippen molar-refractivity contribution in [2.24, 2.45) is 5.73 Å². The summed E-state index contributed by atoms with van der Waals surface area (Å²) in [5.41, 5.74) is 7.14. The number of hydrogen-bond donors (Lipinski definition) is 1. The van der Waals surface area contributed by atoms with Gasteiger partial charge in [-0.25, -0.2) is 0 Å². The van der Waals surface area contributed by atoms with Crippen molar-refractivity contribution in [3.8, 4) is 0 Å². The maximum Gasteiger partial charge on any atom is 0.0464 e. The van der Waals surface area contributed by atoms with Crippen LogP contribution in [0.25, 0.3) is 0 Å². The third-order valence-electron chi connectivity index (χ3n) is 2.48. The van der Waals surface area contributed by atoms with Gasteiger partial charge in [0.1, 0.15) is 0 Å². The van der Waals surface area contributed by atoms with Crippen LogP contribution in [0.1, 0.15) is 44.2 Å². The van der Waals surface area contributed by atoms with Gasteiger partial charge in [0.05, 0.1) is 0 Å². The molecule has 0 aromatic heterocycles. The molecule has 92 valence electrons. The summed E-state index contributed by atoms with van der Waals surface area (Å²) < 4.78 is 0.997. The van der Waals surface area contributed by atoms with Crippen LogP contribution in [0.2, 0.25) is 5.02 Å². The van der Waals surface area contributed by atoms with E-state index in [4.69, 9.17) is 17.3 Å². The molecule has 0 saturated carbocycles. The van der Waals surface area contributed by atoms with E-state index in [2.05, 4.69) is 22.9 Å². The van der Waals surface area contributed by atoms with Crippen LogP contribution in [0, 0.1) is 0 Å². The fourth-order valence-corrected chi connectivity index (χ4v) is 2.39. The van der Waals surface area contributed by atoms with Crippen LogP contribution >= 0.6 is 39.9 Å². The zero-order valence-corrected chi connectivity index (χ0v) is 12.5. The van der Waals surface area contributed by atoms with Crippen LogP contribution in [0.5, 0.6) is 0 Å². The minimum absolute atomic E-state index is 0. The first-order valence-electron chi connectivity index (χ1n) is 5.35. The fraction of sp³-hybridized carbons (Fsp3) is 0.500. The minimum Gasteiger partial charge on any atom is -0.324 e. The Hall–Kier alpha value is 0.240. The normalized spacial score (nSPS) is 12.0. The molecule has 0 aliphatic carbocycles. The average Bonchev–Trinajstić information content (AvgIpc) is 2.17. The molecular weight excluding hydrogens is 309 g/mol. The lowest BCUT2D eigenvalue weighted by molar-refractivity contribution is 0.581. The van der Waals surface area contributed by atoms with E-state index in [9.17, 15) is 0 Å². The first kappa shape index (κ1) is 16.2. The molecular formula is C12H18BrCl2N. The standard InChI is InChI=1S/C12H17BrClN.ClH/c1-2-3-4-5-12(15)10-7-6-9(13)8-11(10)14;/h6-8,12H,2-5,15H2,1H3;1H/t12-;/m0./s1. The van der Waals surface area contributed by atoms with Crippen LogP contribution in [0.15, 0.2) is 22.7 Å². The van der Waals surface area contributed by atoms with Crippen LogP contribution < -0.4 is 5.73 Å². The maximum absolute atomic E-state index is 6.13. The minimum atomic E-state index is 0. The van der Waals surface area contributed by atoms with Gasteiger partial charge in [0, 0.05) is 15.5 Å². The second-order valence-corrected chi connectivity index (χ2v) is 5.09. The Morgan fingerprint density at radius 3 is 2.62 bits per heavy atom. The summed E-state index contributed by atoms with van der Waals surface area (Å²) in [5.74, 6) is 0.